The van der Waals surface area contributed by atoms with Gasteiger partial charge in [-0.1, -0.05) is 45.9 Å². The monoisotopic (exact) mass is 404 g/mol. The summed E-state index contributed by atoms with van der Waals surface area (Å²) >= 11 is 1.79. The Morgan fingerprint density at radius 2 is 1.89 bits per heavy atom. The lowest BCUT2D eigenvalue weighted by Crippen LogP contribution is -2.19. The van der Waals surface area contributed by atoms with Gasteiger partial charge >= 0.3 is 0 Å². The molecule has 6 heteroatoms. The van der Waals surface area contributed by atoms with Gasteiger partial charge in [-0.15, -0.1) is 11.3 Å². The molecule has 0 saturated carbocycles. The number of amides is 1. The summed E-state index contributed by atoms with van der Waals surface area (Å²) in [5.74, 6) is 0. The molecule has 0 fully saturated rings. The number of hydrogen-bond donors (Lipinski definition) is 3. The molecule has 3 rings (SSSR count). The molecule has 28 heavy (non-hydrogen) atoms. The van der Waals surface area contributed by atoms with Crippen molar-refractivity contribution in [1.29, 1.82) is 0 Å². The van der Waals surface area contributed by atoms with E-state index in [1.165, 1.54) is 21.0 Å². The van der Waals surface area contributed by atoms with Crippen molar-refractivity contribution in [3.63, 3.8) is 0 Å². The van der Waals surface area contributed by atoms with E-state index in [1.54, 1.807) is 11.3 Å². The largest absolute Gasteiger partial charge is 0.330 e. The van der Waals surface area contributed by atoms with Gasteiger partial charge in [-0.3, -0.25) is 4.79 Å². The Bertz CT molecular complexity index is 665. The molecular weight excluding hydrogens is 368 g/mol. The molecule has 0 bridgehead atoms. The van der Waals surface area contributed by atoms with Crippen molar-refractivity contribution in [3.8, 4) is 0 Å². The van der Waals surface area contributed by atoms with E-state index in [0.29, 0.717) is 13.0 Å². The summed E-state index contributed by atoms with van der Waals surface area (Å²) in [7, 11) is 0. The number of carbonyl (C=O) groups is 1. The lowest BCUT2D eigenvalue weighted by molar-refractivity contribution is -0.105. The first kappa shape index (κ1) is 26.0. The summed E-state index contributed by atoms with van der Waals surface area (Å²) in [6, 6.07) is 7.64. The van der Waals surface area contributed by atoms with Gasteiger partial charge in [0.25, 0.3) is 0 Å². The molecule has 0 unspecified atom stereocenters. The molecule has 0 saturated heterocycles. The van der Waals surface area contributed by atoms with E-state index in [4.69, 9.17) is 5.73 Å². The quantitative estimate of drug-likeness (QED) is 0.634. The Balaban J connectivity index is 0.000000443. The number of aryl methyl sites for hydroxylation is 1. The molecule has 1 aliphatic rings. The molecule has 1 amide bonds. The van der Waals surface area contributed by atoms with Crippen molar-refractivity contribution in [3.05, 3.63) is 52.0 Å². The van der Waals surface area contributed by atoms with Gasteiger partial charge in [0.2, 0.25) is 6.41 Å². The fourth-order valence-electron chi connectivity index (χ4n) is 2.32. The van der Waals surface area contributed by atoms with Crippen LogP contribution in [-0.2, 0) is 11.2 Å². The van der Waals surface area contributed by atoms with E-state index in [1.807, 2.05) is 58.2 Å². The molecule has 156 valence electrons. The van der Waals surface area contributed by atoms with E-state index < -0.39 is 0 Å². The SMILES string of the molecule is CC.CC.Cc1cnc(C2=CCNCC2)s1.NCCc1ccc(NC=O)cc1. The lowest BCUT2D eigenvalue weighted by atomic mass is 10.1. The topological polar surface area (TPSA) is 80.0 Å². The van der Waals surface area contributed by atoms with Crippen molar-refractivity contribution in [2.45, 2.75) is 47.5 Å². The second-order valence-corrected chi connectivity index (χ2v) is 6.69. The zero-order valence-electron chi connectivity index (χ0n) is 17.9. The van der Waals surface area contributed by atoms with E-state index in [2.05, 4.69) is 28.6 Å². The van der Waals surface area contributed by atoms with Crippen molar-refractivity contribution in [2.24, 2.45) is 5.73 Å². The van der Waals surface area contributed by atoms with E-state index >= 15 is 0 Å². The van der Waals surface area contributed by atoms with Crippen LogP contribution < -0.4 is 16.4 Å². The first-order chi connectivity index (χ1) is 13.7. The van der Waals surface area contributed by atoms with Crippen LogP contribution in [0.2, 0.25) is 0 Å². The maximum Gasteiger partial charge on any atom is 0.211 e. The van der Waals surface area contributed by atoms with Gasteiger partial charge < -0.3 is 16.4 Å². The minimum Gasteiger partial charge on any atom is -0.330 e. The highest BCUT2D eigenvalue weighted by atomic mass is 32.1. The van der Waals surface area contributed by atoms with Gasteiger partial charge in [0.15, 0.2) is 0 Å². The number of anilines is 1. The normalized spacial score (nSPS) is 12.0. The van der Waals surface area contributed by atoms with Crippen LogP contribution in [-0.4, -0.2) is 31.0 Å². The zero-order chi connectivity index (χ0) is 21.2. The van der Waals surface area contributed by atoms with Crippen LogP contribution in [0.5, 0.6) is 0 Å². The van der Waals surface area contributed by atoms with E-state index in [0.717, 1.165) is 31.6 Å². The predicted molar refractivity (Wildman–Crippen MR) is 124 cm³/mol. The number of rotatable bonds is 5. The summed E-state index contributed by atoms with van der Waals surface area (Å²) < 4.78 is 0. The number of nitrogens with two attached hydrogens (primary N) is 1. The Hall–Kier alpha value is -2.02. The fourth-order valence-corrected chi connectivity index (χ4v) is 3.15. The minimum absolute atomic E-state index is 0.653. The molecule has 2 aromatic rings. The van der Waals surface area contributed by atoms with Crippen LogP contribution in [0.3, 0.4) is 0 Å². The molecular formula is C22H36N4OS. The lowest BCUT2D eigenvalue weighted by Gasteiger charge is -2.10. The van der Waals surface area contributed by atoms with Crippen molar-refractivity contribution < 1.29 is 4.79 Å². The number of benzene rings is 1. The van der Waals surface area contributed by atoms with Crippen molar-refractivity contribution in [1.82, 2.24) is 10.3 Å². The maximum absolute atomic E-state index is 10.1. The average Bonchev–Trinajstić information content (AvgIpc) is 3.20. The minimum atomic E-state index is 0.653. The highest BCUT2D eigenvalue weighted by Gasteiger charge is 2.08. The van der Waals surface area contributed by atoms with Crippen molar-refractivity contribution in [2.75, 3.05) is 25.0 Å². The van der Waals surface area contributed by atoms with Crippen LogP contribution in [0.4, 0.5) is 5.69 Å². The number of thiazole rings is 1. The molecule has 4 N–H and O–H groups in total. The van der Waals surface area contributed by atoms with Gasteiger partial charge in [0.1, 0.15) is 5.01 Å². The van der Waals surface area contributed by atoms with Gasteiger partial charge in [0.05, 0.1) is 0 Å². The smallest absolute Gasteiger partial charge is 0.211 e. The first-order valence-corrected chi connectivity index (χ1v) is 10.9. The summed E-state index contributed by atoms with van der Waals surface area (Å²) in [5.41, 5.74) is 8.79. The summed E-state index contributed by atoms with van der Waals surface area (Å²) in [5, 5.41) is 7.06. The van der Waals surface area contributed by atoms with Crippen LogP contribution in [0, 0.1) is 6.92 Å². The zero-order valence-corrected chi connectivity index (χ0v) is 18.7. The Morgan fingerprint density at radius 3 is 2.36 bits per heavy atom. The second kappa shape index (κ2) is 17.1. The third-order valence-electron chi connectivity index (χ3n) is 3.57. The number of nitrogens with one attached hydrogen (secondary N) is 2. The van der Waals surface area contributed by atoms with Crippen LogP contribution in [0.15, 0.2) is 36.5 Å². The average molecular weight is 405 g/mol. The van der Waals surface area contributed by atoms with Crippen molar-refractivity contribution >= 4 is 29.0 Å². The predicted octanol–water partition coefficient (Wildman–Crippen LogP) is 4.64. The second-order valence-electron chi connectivity index (χ2n) is 5.46. The Labute approximate surface area is 174 Å². The summed E-state index contributed by atoms with van der Waals surface area (Å²) in [6.45, 7) is 12.8. The molecule has 0 radical (unpaired) electrons. The fraction of sp³-hybridized carbons (Fsp3) is 0.455. The van der Waals surface area contributed by atoms with E-state index in [-0.39, 0.29) is 0 Å². The molecule has 1 aromatic carbocycles. The number of hydrogen-bond acceptors (Lipinski definition) is 5. The third-order valence-corrected chi connectivity index (χ3v) is 4.56. The Kier molecular flexibility index (Phi) is 15.9. The molecule has 5 nitrogen and oxygen atoms in total. The van der Waals surface area contributed by atoms with Gasteiger partial charge in [-0.2, -0.15) is 0 Å². The molecule has 0 aliphatic carbocycles. The van der Waals surface area contributed by atoms with Crippen LogP contribution in [0.1, 0.15) is 49.6 Å². The van der Waals surface area contributed by atoms with E-state index in [9.17, 15) is 4.79 Å². The maximum atomic E-state index is 10.1. The summed E-state index contributed by atoms with van der Waals surface area (Å²) in [6.07, 6.45) is 6.84. The van der Waals surface area contributed by atoms with Gasteiger partial charge in [-0.05, 0) is 56.1 Å². The molecule has 0 spiro atoms. The van der Waals surface area contributed by atoms with Gasteiger partial charge in [-0.25, -0.2) is 4.98 Å². The highest BCUT2D eigenvalue weighted by Crippen LogP contribution is 2.23. The molecule has 1 aliphatic heterocycles. The summed E-state index contributed by atoms with van der Waals surface area (Å²) in [4.78, 5) is 15.7. The highest BCUT2D eigenvalue weighted by molar-refractivity contribution is 7.12. The van der Waals surface area contributed by atoms with Crippen LogP contribution >= 0.6 is 11.3 Å². The van der Waals surface area contributed by atoms with Gasteiger partial charge in [0, 0.05) is 23.3 Å². The standard InChI is InChI=1S/C9H12N2O.C9H12N2S.2C2H6/c10-6-5-8-1-3-9(4-2-8)11-7-12;1-7-6-11-9(12-7)8-2-4-10-5-3-8;2*1-2/h1-4,7H,5-6,10H2,(H,11,12);2,6,10H,3-5H2,1H3;2*1-2H3. The molecule has 1 aromatic heterocycles. The number of carbonyl (C=O) groups excluding carboxylic acids is 1. The van der Waals surface area contributed by atoms with Crippen LogP contribution in [0.25, 0.3) is 5.57 Å². The molecule has 0 atom stereocenters. The Morgan fingerprint density at radius 1 is 1.21 bits per heavy atom. The first-order valence-electron chi connectivity index (χ1n) is 10.0. The number of aromatic nitrogens is 1. The molecule has 2 heterocycles. The number of nitrogens with zero attached hydrogens (tertiary/aromatic N) is 1. The third kappa shape index (κ3) is 10.3.